The van der Waals surface area contributed by atoms with Crippen molar-refractivity contribution in [3.63, 3.8) is 0 Å². The van der Waals surface area contributed by atoms with Crippen LogP contribution >= 0.6 is 0 Å². The fraction of sp³-hybridized carbons (Fsp3) is 0.545. The van der Waals surface area contributed by atoms with Crippen molar-refractivity contribution in [3.8, 4) is 17.6 Å². The van der Waals surface area contributed by atoms with Crippen LogP contribution in [0.2, 0.25) is 0 Å². The molecule has 1 aliphatic carbocycles. The number of ether oxygens (including phenoxy) is 2. The zero-order valence-electron chi connectivity index (χ0n) is 15.1. The lowest BCUT2D eigenvalue weighted by atomic mass is 9.87. The van der Waals surface area contributed by atoms with Crippen molar-refractivity contribution in [1.29, 1.82) is 0 Å². The molecule has 0 atom stereocenters. The number of unbranched alkanes of at least 4 members (excludes halogenated alkanes) is 1. The van der Waals surface area contributed by atoms with E-state index in [1.807, 2.05) is 37.3 Å². The largest absolute Gasteiger partial charge is 0.494 e. The highest BCUT2D eigenvalue weighted by Gasteiger charge is 2.19. The summed E-state index contributed by atoms with van der Waals surface area (Å²) in [7, 11) is 0. The highest BCUT2D eigenvalue weighted by atomic mass is 16.5. The number of allylic oxidation sites excluding steroid dienone is 2. The minimum atomic E-state index is 0.483. The molecule has 2 heteroatoms. The van der Waals surface area contributed by atoms with Crippen molar-refractivity contribution in [3.05, 3.63) is 42.0 Å². The van der Waals surface area contributed by atoms with Crippen LogP contribution in [0.15, 0.2) is 36.4 Å². The van der Waals surface area contributed by atoms with Gasteiger partial charge in [0.2, 0.25) is 0 Å². The molecule has 0 saturated heterocycles. The fourth-order valence-electron chi connectivity index (χ4n) is 2.95. The second-order valence-electron chi connectivity index (χ2n) is 6.35. The number of hydrogen-bond acceptors (Lipinski definition) is 2. The van der Waals surface area contributed by atoms with Gasteiger partial charge in [-0.1, -0.05) is 31.3 Å². The molecule has 0 amide bonds. The SMILES string of the molecule is CCCCO[C@H]1CC[C@H](/C=C/C#Cc2ccc(OCC)cc2)CC1. The Hall–Kier alpha value is -1.72. The highest BCUT2D eigenvalue weighted by molar-refractivity contribution is 5.40. The van der Waals surface area contributed by atoms with E-state index in [1.54, 1.807) is 0 Å². The van der Waals surface area contributed by atoms with Gasteiger partial charge in [0.1, 0.15) is 5.75 Å². The van der Waals surface area contributed by atoms with Gasteiger partial charge < -0.3 is 9.47 Å². The zero-order valence-corrected chi connectivity index (χ0v) is 15.1. The van der Waals surface area contributed by atoms with Crippen molar-refractivity contribution in [2.45, 2.75) is 58.5 Å². The predicted octanol–water partition coefficient (Wildman–Crippen LogP) is 5.37. The molecule has 0 bridgehead atoms. The molecule has 0 radical (unpaired) electrons. The molecule has 1 aromatic rings. The second-order valence-corrected chi connectivity index (χ2v) is 6.35. The standard InChI is InChI=1S/C22H30O2/c1-3-5-18-24-22-16-12-20(13-17-22)9-7-6-8-19-10-14-21(15-11-19)23-4-2/h7,9-11,14-15,20,22H,3-5,12-13,16-18H2,1-2H3/b9-7+/t20-,22-. The first-order valence-electron chi connectivity index (χ1n) is 9.34. The first-order valence-corrected chi connectivity index (χ1v) is 9.34. The number of rotatable bonds is 7. The Balaban J connectivity index is 1.71. The molecule has 0 aliphatic heterocycles. The summed E-state index contributed by atoms with van der Waals surface area (Å²) in [5.74, 6) is 7.89. The zero-order chi connectivity index (χ0) is 17.0. The summed E-state index contributed by atoms with van der Waals surface area (Å²) in [6, 6.07) is 7.95. The van der Waals surface area contributed by atoms with Gasteiger partial charge >= 0.3 is 0 Å². The van der Waals surface area contributed by atoms with Crippen LogP contribution in [0.5, 0.6) is 5.75 Å². The topological polar surface area (TPSA) is 18.5 Å². The van der Waals surface area contributed by atoms with Crippen LogP contribution in [-0.2, 0) is 4.74 Å². The molecule has 1 aliphatic rings. The summed E-state index contributed by atoms with van der Waals surface area (Å²) >= 11 is 0. The Kier molecular flexibility index (Phi) is 8.49. The van der Waals surface area contributed by atoms with Gasteiger partial charge in [0.05, 0.1) is 12.7 Å². The lowest BCUT2D eigenvalue weighted by Gasteiger charge is -2.26. The van der Waals surface area contributed by atoms with E-state index < -0.39 is 0 Å². The van der Waals surface area contributed by atoms with Gasteiger partial charge in [0.25, 0.3) is 0 Å². The maximum absolute atomic E-state index is 5.92. The van der Waals surface area contributed by atoms with E-state index in [9.17, 15) is 0 Å². The second kappa shape index (κ2) is 10.9. The molecular weight excluding hydrogens is 296 g/mol. The van der Waals surface area contributed by atoms with E-state index in [2.05, 4.69) is 24.8 Å². The number of benzene rings is 1. The third-order valence-electron chi connectivity index (χ3n) is 4.40. The van der Waals surface area contributed by atoms with Crippen LogP contribution in [0.25, 0.3) is 0 Å². The summed E-state index contributed by atoms with van der Waals surface area (Å²) in [5, 5.41) is 0. The Morgan fingerprint density at radius 3 is 2.50 bits per heavy atom. The average molecular weight is 326 g/mol. The first kappa shape index (κ1) is 18.6. The van der Waals surface area contributed by atoms with Gasteiger partial charge in [-0.25, -0.2) is 0 Å². The van der Waals surface area contributed by atoms with Crippen LogP contribution in [0.4, 0.5) is 0 Å². The molecule has 2 rings (SSSR count). The molecule has 130 valence electrons. The fourth-order valence-corrected chi connectivity index (χ4v) is 2.95. The monoisotopic (exact) mass is 326 g/mol. The van der Waals surface area contributed by atoms with Gasteiger partial charge in [-0.15, -0.1) is 0 Å². The molecule has 0 unspecified atom stereocenters. The van der Waals surface area contributed by atoms with Gasteiger partial charge in [0, 0.05) is 12.2 Å². The van der Waals surface area contributed by atoms with Crippen LogP contribution in [0, 0.1) is 17.8 Å². The minimum absolute atomic E-state index is 0.483. The normalized spacial score (nSPS) is 20.6. The Morgan fingerprint density at radius 1 is 1.08 bits per heavy atom. The van der Waals surface area contributed by atoms with Gasteiger partial charge in [0.15, 0.2) is 0 Å². The van der Waals surface area contributed by atoms with Crippen molar-refractivity contribution in [1.82, 2.24) is 0 Å². The van der Waals surface area contributed by atoms with E-state index in [0.29, 0.717) is 18.6 Å². The first-order chi connectivity index (χ1) is 11.8. The van der Waals surface area contributed by atoms with Gasteiger partial charge in [-0.2, -0.15) is 0 Å². The molecule has 2 nitrogen and oxygen atoms in total. The molecule has 1 fully saturated rings. The van der Waals surface area contributed by atoms with Crippen LogP contribution in [0.3, 0.4) is 0 Å². The minimum Gasteiger partial charge on any atom is -0.494 e. The summed E-state index contributed by atoms with van der Waals surface area (Å²) in [6.07, 6.45) is 12.0. The van der Waals surface area contributed by atoms with Crippen LogP contribution in [-0.4, -0.2) is 19.3 Å². The maximum Gasteiger partial charge on any atom is 0.119 e. The quantitative estimate of drug-likeness (QED) is 0.495. The third-order valence-corrected chi connectivity index (χ3v) is 4.40. The average Bonchev–Trinajstić information content (AvgIpc) is 2.62. The molecule has 1 aromatic carbocycles. The Bertz CT molecular complexity index is 540. The Labute approximate surface area is 147 Å². The Morgan fingerprint density at radius 2 is 1.83 bits per heavy atom. The van der Waals surface area contributed by atoms with E-state index >= 15 is 0 Å². The summed E-state index contributed by atoms with van der Waals surface area (Å²) < 4.78 is 11.4. The highest BCUT2D eigenvalue weighted by Crippen LogP contribution is 2.27. The van der Waals surface area contributed by atoms with Crippen molar-refractivity contribution < 1.29 is 9.47 Å². The molecule has 0 aromatic heterocycles. The van der Waals surface area contributed by atoms with Crippen molar-refractivity contribution in [2.24, 2.45) is 5.92 Å². The summed E-state index contributed by atoms with van der Waals surface area (Å²) in [6.45, 7) is 5.82. The maximum atomic E-state index is 5.92. The number of hydrogen-bond donors (Lipinski definition) is 0. The van der Waals surface area contributed by atoms with Gasteiger partial charge in [-0.05, 0) is 75.3 Å². The van der Waals surface area contributed by atoms with E-state index in [0.717, 1.165) is 17.9 Å². The molecule has 1 saturated carbocycles. The molecule has 0 heterocycles. The van der Waals surface area contributed by atoms with Gasteiger partial charge in [-0.3, -0.25) is 0 Å². The lowest BCUT2D eigenvalue weighted by Crippen LogP contribution is -2.21. The molecule has 24 heavy (non-hydrogen) atoms. The smallest absolute Gasteiger partial charge is 0.119 e. The van der Waals surface area contributed by atoms with E-state index in [-0.39, 0.29) is 0 Å². The van der Waals surface area contributed by atoms with Crippen LogP contribution in [0.1, 0.15) is 57.9 Å². The molecular formula is C22H30O2. The van der Waals surface area contributed by atoms with E-state index in [1.165, 1.54) is 38.5 Å². The summed E-state index contributed by atoms with van der Waals surface area (Å²) in [5.41, 5.74) is 1.02. The predicted molar refractivity (Wildman–Crippen MR) is 100 cm³/mol. The van der Waals surface area contributed by atoms with Crippen molar-refractivity contribution in [2.75, 3.05) is 13.2 Å². The van der Waals surface area contributed by atoms with Crippen LogP contribution < -0.4 is 4.74 Å². The van der Waals surface area contributed by atoms with Crippen molar-refractivity contribution >= 4 is 0 Å². The molecule has 0 N–H and O–H groups in total. The summed E-state index contributed by atoms with van der Waals surface area (Å²) in [4.78, 5) is 0. The van der Waals surface area contributed by atoms with E-state index in [4.69, 9.17) is 9.47 Å². The lowest BCUT2D eigenvalue weighted by molar-refractivity contribution is 0.0209. The third kappa shape index (κ3) is 6.81. The molecule has 0 spiro atoms.